The summed E-state index contributed by atoms with van der Waals surface area (Å²) < 4.78 is 24.1. The Kier molecular flexibility index (Phi) is 5.06. The molecule has 1 N–H and O–H groups in total. The van der Waals surface area contributed by atoms with Crippen molar-refractivity contribution in [3.8, 4) is 0 Å². The van der Waals surface area contributed by atoms with E-state index >= 15 is 0 Å². The lowest BCUT2D eigenvalue weighted by Gasteiger charge is -2.26. The van der Waals surface area contributed by atoms with E-state index in [1.165, 1.54) is 0 Å². The van der Waals surface area contributed by atoms with Crippen LogP contribution in [0, 0.1) is 6.92 Å². The van der Waals surface area contributed by atoms with Crippen LogP contribution in [0.3, 0.4) is 0 Å². The van der Waals surface area contributed by atoms with E-state index < -0.39 is 15.8 Å². The fourth-order valence-electron chi connectivity index (χ4n) is 2.55. The summed E-state index contributed by atoms with van der Waals surface area (Å²) in [4.78, 5) is 12.8. The minimum atomic E-state index is -3.03. The zero-order valence-corrected chi connectivity index (χ0v) is 14.2. The lowest BCUT2D eigenvalue weighted by Crippen LogP contribution is -2.39. The lowest BCUT2D eigenvalue weighted by molar-refractivity contribution is -0.139. The van der Waals surface area contributed by atoms with Crippen LogP contribution in [0.2, 0.25) is 0 Å². The van der Waals surface area contributed by atoms with Gasteiger partial charge in [0.15, 0.2) is 9.84 Å². The van der Waals surface area contributed by atoms with Crippen LogP contribution in [0.1, 0.15) is 17.5 Å². The van der Waals surface area contributed by atoms with Gasteiger partial charge < -0.3 is 5.11 Å². The zero-order valence-electron chi connectivity index (χ0n) is 11.8. The van der Waals surface area contributed by atoms with Gasteiger partial charge in [-0.1, -0.05) is 28.1 Å². The smallest absolute Gasteiger partial charge is 0.317 e. The molecular formula is C14H18BrNO4S. The van der Waals surface area contributed by atoms with Crippen molar-refractivity contribution in [2.75, 3.05) is 18.1 Å². The molecule has 5 nitrogen and oxygen atoms in total. The molecule has 1 heterocycles. The number of benzene rings is 1. The SMILES string of the molecule is Cc1ccc(CN(CC(=O)O)C2CCS(=O)(=O)C2)c(Br)c1. The van der Waals surface area contributed by atoms with Crippen molar-refractivity contribution in [1.82, 2.24) is 4.90 Å². The van der Waals surface area contributed by atoms with Gasteiger partial charge in [0.05, 0.1) is 18.1 Å². The number of aliphatic carboxylic acids is 1. The van der Waals surface area contributed by atoms with Crippen molar-refractivity contribution < 1.29 is 18.3 Å². The Morgan fingerprint density at radius 3 is 2.71 bits per heavy atom. The van der Waals surface area contributed by atoms with E-state index in [1.807, 2.05) is 25.1 Å². The molecule has 1 atom stereocenters. The molecule has 0 aromatic heterocycles. The molecule has 0 aliphatic carbocycles. The molecule has 116 valence electrons. The van der Waals surface area contributed by atoms with Gasteiger partial charge in [-0.2, -0.15) is 0 Å². The van der Waals surface area contributed by atoms with E-state index in [9.17, 15) is 13.2 Å². The highest BCUT2D eigenvalue weighted by Crippen LogP contribution is 2.24. The van der Waals surface area contributed by atoms with Crippen molar-refractivity contribution >= 4 is 31.7 Å². The van der Waals surface area contributed by atoms with Crippen molar-refractivity contribution in [2.45, 2.75) is 25.9 Å². The number of hydrogen-bond acceptors (Lipinski definition) is 4. The predicted molar refractivity (Wildman–Crippen MR) is 84.0 cm³/mol. The van der Waals surface area contributed by atoms with E-state index in [4.69, 9.17) is 5.11 Å². The summed E-state index contributed by atoms with van der Waals surface area (Å²) in [6, 6.07) is 5.65. The Labute approximate surface area is 133 Å². The first-order valence-electron chi connectivity index (χ1n) is 6.68. The third-order valence-electron chi connectivity index (χ3n) is 3.65. The standard InChI is InChI=1S/C14H18BrNO4S/c1-10-2-3-11(13(15)6-10)7-16(8-14(17)18)12-4-5-21(19,20)9-12/h2-3,6,12H,4-5,7-9H2,1H3,(H,17,18). The lowest BCUT2D eigenvalue weighted by atomic mass is 10.1. The van der Waals surface area contributed by atoms with Gasteiger partial charge in [-0.25, -0.2) is 8.42 Å². The van der Waals surface area contributed by atoms with Crippen LogP contribution in [-0.2, 0) is 21.2 Å². The topological polar surface area (TPSA) is 74.7 Å². The second kappa shape index (κ2) is 6.46. The number of nitrogens with zero attached hydrogens (tertiary/aromatic N) is 1. The molecule has 0 saturated carbocycles. The Bertz CT molecular complexity index is 644. The Morgan fingerprint density at radius 2 is 2.19 bits per heavy atom. The predicted octanol–water partition coefficient (Wildman–Crippen LogP) is 1.83. The number of halogens is 1. The number of sulfone groups is 1. The van der Waals surface area contributed by atoms with Gasteiger partial charge in [-0.15, -0.1) is 0 Å². The van der Waals surface area contributed by atoms with Crippen LogP contribution in [-0.4, -0.2) is 48.5 Å². The first-order valence-corrected chi connectivity index (χ1v) is 9.29. The molecule has 1 aliphatic heterocycles. The molecule has 1 unspecified atom stereocenters. The van der Waals surface area contributed by atoms with Gasteiger partial charge in [0, 0.05) is 17.1 Å². The fraction of sp³-hybridized carbons (Fsp3) is 0.500. The number of aryl methyl sites for hydroxylation is 1. The summed E-state index contributed by atoms with van der Waals surface area (Å²) in [6.45, 7) is 2.25. The summed E-state index contributed by atoms with van der Waals surface area (Å²) in [5.41, 5.74) is 2.07. The molecule has 0 amide bonds. The summed E-state index contributed by atoms with van der Waals surface area (Å²) in [5, 5.41) is 9.06. The molecule has 1 aromatic carbocycles. The molecule has 21 heavy (non-hydrogen) atoms. The third kappa shape index (κ3) is 4.52. The number of carboxylic acid groups (broad SMARTS) is 1. The fourth-order valence-corrected chi connectivity index (χ4v) is 4.93. The number of rotatable bonds is 5. The monoisotopic (exact) mass is 375 g/mol. The highest BCUT2D eigenvalue weighted by molar-refractivity contribution is 9.10. The molecular weight excluding hydrogens is 358 g/mol. The van der Waals surface area contributed by atoms with E-state index in [0.29, 0.717) is 13.0 Å². The van der Waals surface area contributed by atoms with Gasteiger partial charge in [0.2, 0.25) is 0 Å². The first-order chi connectivity index (χ1) is 9.77. The minimum Gasteiger partial charge on any atom is -0.480 e. The average Bonchev–Trinajstić information content (AvgIpc) is 2.71. The Hall–Kier alpha value is -0.920. The highest BCUT2D eigenvalue weighted by atomic mass is 79.9. The van der Waals surface area contributed by atoms with E-state index in [2.05, 4.69) is 15.9 Å². The molecule has 1 saturated heterocycles. The maximum absolute atomic E-state index is 11.6. The van der Waals surface area contributed by atoms with E-state index in [-0.39, 0.29) is 24.1 Å². The third-order valence-corrected chi connectivity index (χ3v) is 6.13. The Balaban J connectivity index is 2.18. The van der Waals surface area contributed by atoms with Gasteiger partial charge in [0.1, 0.15) is 0 Å². The number of carbonyl (C=O) groups is 1. The van der Waals surface area contributed by atoms with Crippen LogP contribution in [0.5, 0.6) is 0 Å². The summed E-state index contributed by atoms with van der Waals surface area (Å²) in [6.07, 6.45) is 0.499. The van der Waals surface area contributed by atoms with Crippen molar-refractivity contribution in [3.63, 3.8) is 0 Å². The molecule has 1 aliphatic rings. The van der Waals surface area contributed by atoms with Gasteiger partial charge >= 0.3 is 5.97 Å². The number of hydrogen-bond donors (Lipinski definition) is 1. The quantitative estimate of drug-likeness (QED) is 0.849. The zero-order chi connectivity index (χ0) is 15.6. The van der Waals surface area contributed by atoms with Crippen LogP contribution >= 0.6 is 15.9 Å². The van der Waals surface area contributed by atoms with Crippen LogP contribution < -0.4 is 0 Å². The summed E-state index contributed by atoms with van der Waals surface area (Å²) in [5.74, 6) is -0.755. The van der Waals surface area contributed by atoms with E-state index in [0.717, 1.165) is 15.6 Å². The second-order valence-electron chi connectivity index (χ2n) is 5.45. The van der Waals surface area contributed by atoms with Crippen LogP contribution in [0.15, 0.2) is 22.7 Å². The Morgan fingerprint density at radius 1 is 1.48 bits per heavy atom. The summed E-state index contributed by atoms with van der Waals surface area (Å²) >= 11 is 3.48. The maximum atomic E-state index is 11.6. The molecule has 0 spiro atoms. The number of carboxylic acids is 1. The van der Waals surface area contributed by atoms with Crippen molar-refractivity contribution in [3.05, 3.63) is 33.8 Å². The molecule has 1 aromatic rings. The normalized spacial score (nSPS) is 20.8. The van der Waals surface area contributed by atoms with E-state index in [1.54, 1.807) is 4.90 Å². The van der Waals surface area contributed by atoms with Crippen LogP contribution in [0.25, 0.3) is 0 Å². The van der Waals surface area contributed by atoms with Crippen LogP contribution in [0.4, 0.5) is 0 Å². The molecule has 1 fully saturated rings. The highest BCUT2D eigenvalue weighted by Gasteiger charge is 2.33. The van der Waals surface area contributed by atoms with Gasteiger partial charge in [0.25, 0.3) is 0 Å². The average molecular weight is 376 g/mol. The van der Waals surface area contributed by atoms with Crippen molar-refractivity contribution in [1.29, 1.82) is 0 Å². The van der Waals surface area contributed by atoms with Gasteiger partial charge in [-0.3, -0.25) is 9.69 Å². The molecule has 0 radical (unpaired) electrons. The van der Waals surface area contributed by atoms with Gasteiger partial charge in [-0.05, 0) is 30.5 Å². The summed E-state index contributed by atoms with van der Waals surface area (Å²) in [7, 11) is -3.03. The maximum Gasteiger partial charge on any atom is 0.317 e. The molecule has 0 bridgehead atoms. The van der Waals surface area contributed by atoms with Crippen molar-refractivity contribution in [2.24, 2.45) is 0 Å². The first kappa shape index (κ1) is 16.5. The molecule has 7 heteroatoms. The molecule has 2 rings (SSSR count). The largest absolute Gasteiger partial charge is 0.480 e. The second-order valence-corrected chi connectivity index (χ2v) is 8.53. The minimum absolute atomic E-state index is 0.0454.